The summed E-state index contributed by atoms with van der Waals surface area (Å²) < 4.78 is 25.7. The number of hydrogen-bond donors (Lipinski definition) is 2. The maximum Gasteiger partial charge on any atom is 0.242 e. The number of aromatic amines is 1. The minimum atomic E-state index is -3.45. The predicted molar refractivity (Wildman–Crippen MR) is 121 cm³/mol. The van der Waals surface area contributed by atoms with Crippen LogP contribution in [0, 0.1) is 6.92 Å². The molecule has 0 saturated heterocycles. The minimum absolute atomic E-state index is 0.254. The van der Waals surface area contributed by atoms with Crippen molar-refractivity contribution in [2.24, 2.45) is 0 Å². The normalized spacial score (nSPS) is 12.0. The molecule has 0 saturated carbocycles. The Morgan fingerprint density at radius 1 is 1.00 bits per heavy atom. The molecule has 3 aromatic heterocycles. The van der Waals surface area contributed by atoms with Gasteiger partial charge in [-0.1, -0.05) is 12.1 Å². The van der Waals surface area contributed by atoms with E-state index in [-0.39, 0.29) is 4.90 Å². The summed E-state index contributed by atoms with van der Waals surface area (Å²) in [7, 11) is -0.424. The fourth-order valence-corrected chi connectivity index (χ4v) is 4.30. The van der Waals surface area contributed by atoms with Crippen molar-refractivity contribution in [3.8, 4) is 11.1 Å². The first kappa shape index (κ1) is 21.0. The highest BCUT2D eigenvalue weighted by atomic mass is 32.2. The van der Waals surface area contributed by atoms with Crippen molar-refractivity contribution in [3.05, 3.63) is 65.7 Å². The van der Waals surface area contributed by atoms with Gasteiger partial charge in [0.2, 0.25) is 10.0 Å². The second kappa shape index (κ2) is 8.09. The highest BCUT2D eigenvalue weighted by Crippen LogP contribution is 2.24. The largest absolute Gasteiger partial charge is 0.384 e. The van der Waals surface area contributed by atoms with Crippen LogP contribution < -0.4 is 5.73 Å². The van der Waals surface area contributed by atoms with Crippen molar-refractivity contribution in [2.45, 2.75) is 24.7 Å². The SMILES string of the molecule is Cc1cc(N)nc(CCc2nc3ncc(-c4ccc(S(=O)(=O)N(C)C)cc4)cc3[nH]2)c1. The van der Waals surface area contributed by atoms with Crippen LogP contribution in [0.2, 0.25) is 0 Å². The molecule has 0 spiro atoms. The van der Waals surface area contributed by atoms with Gasteiger partial charge >= 0.3 is 0 Å². The van der Waals surface area contributed by atoms with Crippen LogP contribution in [0.1, 0.15) is 17.1 Å². The molecule has 0 aliphatic rings. The highest BCUT2D eigenvalue weighted by molar-refractivity contribution is 7.89. The van der Waals surface area contributed by atoms with E-state index in [0.29, 0.717) is 17.9 Å². The Balaban J connectivity index is 1.55. The third-order valence-electron chi connectivity index (χ3n) is 5.01. The summed E-state index contributed by atoms with van der Waals surface area (Å²) >= 11 is 0. The van der Waals surface area contributed by atoms with E-state index in [1.54, 1.807) is 30.5 Å². The number of nitrogens with one attached hydrogen (secondary N) is 1. The van der Waals surface area contributed by atoms with Crippen LogP contribution in [0.3, 0.4) is 0 Å². The van der Waals surface area contributed by atoms with E-state index in [4.69, 9.17) is 5.73 Å². The van der Waals surface area contributed by atoms with E-state index in [2.05, 4.69) is 19.9 Å². The van der Waals surface area contributed by atoms with E-state index in [0.717, 1.165) is 40.1 Å². The topological polar surface area (TPSA) is 118 Å². The molecule has 3 heterocycles. The Bertz CT molecular complexity index is 1320. The number of rotatable bonds is 6. The van der Waals surface area contributed by atoms with Gasteiger partial charge < -0.3 is 10.7 Å². The van der Waals surface area contributed by atoms with Gasteiger partial charge in [-0.05, 0) is 54.8 Å². The van der Waals surface area contributed by atoms with Crippen molar-refractivity contribution in [3.63, 3.8) is 0 Å². The molecular weight excluding hydrogens is 412 g/mol. The van der Waals surface area contributed by atoms with Crippen LogP contribution >= 0.6 is 0 Å². The van der Waals surface area contributed by atoms with Crippen LogP contribution in [-0.2, 0) is 22.9 Å². The van der Waals surface area contributed by atoms with Gasteiger partial charge in [0.1, 0.15) is 11.6 Å². The van der Waals surface area contributed by atoms with Gasteiger partial charge in [0.25, 0.3) is 0 Å². The number of hydrogen-bond acceptors (Lipinski definition) is 6. The van der Waals surface area contributed by atoms with E-state index in [1.807, 2.05) is 25.1 Å². The first-order valence-electron chi connectivity index (χ1n) is 9.83. The number of benzene rings is 1. The predicted octanol–water partition coefficient (Wildman–Crippen LogP) is 2.95. The molecule has 31 heavy (non-hydrogen) atoms. The van der Waals surface area contributed by atoms with Crippen LogP contribution in [0.25, 0.3) is 22.3 Å². The smallest absolute Gasteiger partial charge is 0.242 e. The second-order valence-electron chi connectivity index (χ2n) is 7.65. The zero-order valence-corrected chi connectivity index (χ0v) is 18.4. The van der Waals surface area contributed by atoms with Gasteiger partial charge in [-0.15, -0.1) is 0 Å². The van der Waals surface area contributed by atoms with Gasteiger partial charge in [-0.25, -0.2) is 27.7 Å². The number of pyridine rings is 2. The molecule has 0 atom stereocenters. The summed E-state index contributed by atoms with van der Waals surface area (Å²) in [5.41, 5.74) is 11.1. The molecule has 0 fully saturated rings. The lowest BCUT2D eigenvalue weighted by Gasteiger charge is -2.11. The van der Waals surface area contributed by atoms with Gasteiger partial charge in [0, 0.05) is 38.0 Å². The minimum Gasteiger partial charge on any atom is -0.384 e. The zero-order valence-electron chi connectivity index (χ0n) is 17.6. The Hall–Kier alpha value is -3.30. The van der Waals surface area contributed by atoms with Crippen molar-refractivity contribution in [1.82, 2.24) is 24.2 Å². The first-order valence-corrected chi connectivity index (χ1v) is 11.3. The van der Waals surface area contributed by atoms with Gasteiger partial charge in [-0.3, -0.25) is 0 Å². The summed E-state index contributed by atoms with van der Waals surface area (Å²) in [6, 6.07) is 12.6. The summed E-state index contributed by atoms with van der Waals surface area (Å²) in [4.78, 5) is 17.0. The molecule has 0 unspecified atom stereocenters. The van der Waals surface area contributed by atoms with Crippen molar-refractivity contribution < 1.29 is 8.42 Å². The van der Waals surface area contributed by atoms with Crippen LogP contribution in [0.5, 0.6) is 0 Å². The number of nitrogens with zero attached hydrogens (tertiary/aromatic N) is 4. The van der Waals surface area contributed by atoms with Crippen molar-refractivity contribution >= 4 is 27.0 Å². The number of H-pyrrole nitrogens is 1. The molecule has 160 valence electrons. The fraction of sp³-hybridized carbons (Fsp3) is 0.227. The van der Waals surface area contributed by atoms with Crippen LogP contribution in [-0.4, -0.2) is 46.8 Å². The molecule has 8 nitrogen and oxygen atoms in total. The fourth-order valence-electron chi connectivity index (χ4n) is 3.40. The average Bonchev–Trinajstić information content (AvgIpc) is 3.14. The van der Waals surface area contributed by atoms with Gasteiger partial charge in [-0.2, -0.15) is 0 Å². The number of nitrogen functional groups attached to an aromatic ring is 1. The molecule has 0 aliphatic carbocycles. The number of fused-ring (bicyclic) bond motifs is 1. The van der Waals surface area contributed by atoms with Gasteiger partial charge in [0.15, 0.2) is 5.65 Å². The van der Waals surface area contributed by atoms with Crippen molar-refractivity contribution in [1.29, 1.82) is 0 Å². The Kier molecular flexibility index (Phi) is 5.47. The monoisotopic (exact) mass is 436 g/mol. The third-order valence-corrected chi connectivity index (χ3v) is 6.84. The van der Waals surface area contributed by atoms with Gasteiger partial charge in [0.05, 0.1) is 10.4 Å². The Morgan fingerprint density at radius 3 is 2.42 bits per heavy atom. The summed E-state index contributed by atoms with van der Waals surface area (Å²) in [6.07, 6.45) is 3.16. The summed E-state index contributed by atoms with van der Waals surface area (Å²) in [5, 5.41) is 0. The van der Waals surface area contributed by atoms with Crippen LogP contribution in [0.4, 0.5) is 5.82 Å². The lowest BCUT2D eigenvalue weighted by molar-refractivity contribution is 0.521. The maximum absolute atomic E-state index is 12.2. The number of aromatic nitrogens is 4. The highest BCUT2D eigenvalue weighted by Gasteiger charge is 2.17. The standard InChI is InChI=1S/C22H24N6O2S/c1-14-10-17(25-20(23)11-14)6-9-21-26-19-12-16(13-24-22(19)27-21)15-4-7-18(8-5-15)31(29,30)28(2)3/h4-5,7-8,10-13H,6,9H2,1-3H3,(H2,23,25)(H,24,26,27). The number of imidazole rings is 1. The summed E-state index contributed by atoms with van der Waals surface area (Å²) in [5.74, 6) is 1.35. The molecule has 4 aromatic rings. The van der Waals surface area contributed by atoms with E-state index < -0.39 is 10.0 Å². The molecule has 0 bridgehead atoms. The van der Waals surface area contributed by atoms with E-state index in [9.17, 15) is 8.42 Å². The molecule has 9 heteroatoms. The van der Waals surface area contributed by atoms with Crippen LogP contribution in [0.15, 0.2) is 53.6 Å². The lowest BCUT2D eigenvalue weighted by Crippen LogP contribution is -2.22. The Labute approximate surface area is 181 Å². The molecule has 0 aliphatic heterocycles. The molecule has 0 amide bonds. The molecule has 3 N–H and O–H groups in total. The van der Waals surface area contributed by atoms with E-state index >= 15 is 0 Å². The number of sulfonamides is 1. The molecule has 0 radical (unpaired) electrons. The third kappa shape index (κ3) is 4.42. The Morgan fingerprint density at radius 2 is 1.74 bits per heavy atom. The average molecular weight is 437 g/mol. The lowest BCUT2D eigenvalue weighted by atomic mass is 10.1. The molecular formula is C22H24N6O2S. The number of anilines is 1. The van der Waals surface area contributed by atoms with Crippen molar-refractivity contribution in [2.75, 3.05) is 19.8 Å². The first-order chi connectivity index (χ1) is 14.7. The van der Waals surface area contributed by atoms with E-state index in [1.165, 1.54) is 18.4 Å². The number of aryl methyl sites for hydroxylation is 3. The second-order valence-corrected chi connectivity index (χ2v) is 9.80. The maximum atomic E-state index is 12.2. The number of nitrogens with two attached hydrogens (primary N) is 1. The zero-order chi connectivity index (χ0) is 22.2. The quantitative estimate of drug-likeness (QED) is 0.480. The molecule has 4 rings (SSSR count). The molecule has 1 aromatic carbocycles. The summed E-state index contributed by atoms with van der Waals surface area (Å²) in [6.45, 7) is 2.00.